The van der Waals surface area contributed by atoms with E-state index < -0.39 is 0 Å². The third kappa shape index (κ3) is 6.58. The van der Waals surface area contributed by atoms with Crippen LogP contribution in [-0.2, 0) is 4.74 Å². The Bertz CT molecular complexity index is 234. The van der Waals surface area contributed by atoms with E-state index in [9.17, 15) is 0 Å². The van der Waals surface area contributed by atoms with Crippen molar-refractivity contribution >= 4 is 0 Å². The molecular weight excluding hydrogens is 246 g/mol. The van der Waals surface area contributed by atoms with E-state index in [4.69, 9.17) is 4.74 Å². The van der Waals surface area contributed by atoms with E-state index in [0.717, 1.165) is 19.1 Å². The number of ether oxygens (including phenoxy) is 1. The molecule has 1 N–H and O–H groups in total. The first kappa shape index (κ1) is 18.0. The fraction of sp³-hybridized carbons (Fsp3) is 1.00. The third-order valence-corrected chi connectivity index (χ3v) is 4.77. The van der Waals surface area contributed by atoms with Crippen LogP contribution in [0.3, 0.4) is 0 Å². The minimum absolute atomic E-state index is 0.127. The molecule has 0 aliphatic heterocycles. The molecule has 1 saturated carbocycles. The van der Waals surface area contributed by atoms with Crippen molar-refractivity contribution in [1.82, 2.24) is 5.32 Å². The molecule has 0 aromatic carbocycles. The number of rotatable bonds is 10. The molecule has 0 aromatic rings. The van der Waals surface area contributed by atoms with Gasteiger partial charge >= 0.3 is 0 Å². The van der Waals surface area contributed by atoms with Crippen LogP contribution in [0, 0.1) is 5.92 Å². The quantitative estimate of drug-likeness (QED) is 0.614. The van der Waals surface area contributed by atoms with Crippen LogP contribution in [0.5, 0.6) is 0 Å². The molecule has 1 atom stereocenters. The average Bonchev–Trinajstić information content (AvgIpc) is 2.46. The van der Waals surface area contributed by atoms with E-state index >= 15 is 0 Å². The summed E-state index contributed by atoms with van der Waals surface area (Å²) in [5.41, 5.74) is 0.127. The molecule has 0 saturated heterocycles. The van der Waals surface area contributed by atoms with Gasteiger partial charge in [-0.25, -0.2) is 0 Å². The van der Waals surface area contributed by atoms with Gasteiger partial charge in [0.15, 0.2) is 0 Å². The van der Waals surface area contributed by atoms with Crippen LogP contribution in [0.4, 0.5) is 0 Å². The molecule has 0 bridgehead atoms. The molecule has 1 aliphatic carbocycles. The summed E-state index contributed by atoms with van der Waals surface area (Å²) in [4.78, 5) is 0. The lowest BCUT2D eigenvalue weighted by atomic mass is 9.84. The molecule has 2 nitrogen and oxygen atoms in total. The van der Waals surface area contributed by atoms with Gasteiger partial charge in [-0.2, -0.15) is 0 Å². The maximum absolute atomic E-state index is 6.51. The largest absolute Gasteiger partial charge is 0.373 e. The van der Waals surface area contributed by atoms with Gasteiger partial charge in [0.05, 0.1) is 12.2 Å². The highest BCUT2D eigenvalue weighted by atomic mass is 16.5. The smallest absolute Gasteiger partial charge is 0.0806 e. The minimum atomic E-state index is 0.127. The molecule has 1 aliphatic rings. The highest BCUT2D eigenvalue weighted by Gasteiger charge is 2.33. The summed E-state index contributed by atoms with van der Waals surface area (Å²) >= 11 is 0. The van der Waals surface area contributed by atoms with Crippen molar-refractivity contribution in [3.63, 3.8) is 0 Å². The molecular formula is C18H37NO. The number of nitrogens with one attached hydrogen (secondary N) is 1. The Kier molecular flexibility index (Phi) is 8.79. The lowest BCUT2D eigenvalue weighted by Crippen LogP contribution is -2.47. The number of unbranched alkanes of at least 4 members (excludes halogenated alkanes) is 1. The second-order valence-electron chi connectivity index (χ2n) is 7.01. The molecule has 1 unspecified atom stereocenters. The molecule has 120 valence electrons. The maximum atomic E-state index is 6.51. The van der Waals surface area contributed by atoms with Crippen LogP contribution in [0.25, 0.3) is 0 Å². The second-order valence-corrected chi connectivity index (χ2v) is 7.01. The van der Waals surface area contributed by atoms with Gasteiger partial charge in [-0.05, 0) is 25.2 Å². The van der Waals surface area contributed by atoms with Crippen molar-refractivity contribution in [3.8, 4) is 0 Å². The van der Waals surface area contributed by atoms with Crippen LogP contribution in [-0.4, -0.2) is 24.8 Å². The van der Waals surface area contributed by atoms with Gasteiger partial charge in [-0.15, -0.1) is 0 Å². The van der Waals surface area contributed by atoms with E-state index in [1.54, 1.807) is 0 Å². The van der Waals surface area contributed by atoms with Crippen molar-refractivity contribution in [2.24, 2.45) is 5.92 Å². The first-order valence-corrected chi connectivity index (χ1v) is 8.99. The van der Waals surface area contributed by atoms with E-state index in [2.05, 4.69) is 33.0 Å². The van der Waals surface area contributed by atoms with Gasteiger partial charge in [0.25, 0.3) is 0 Å². The van der Waals surface area contributed by atoms with Crippen LogP contribution in [0.2, 0.25) is 0 Å². The summed E-state index contributed by atoms with van der Waals surface area (Å²) in [6.45, 7) is 11.1. The summed E-state index contributed by atoms with van der Waals surface area (Å²) in [6, 6.07) is 0.555. The lowest BCUT2D eigenvalue weighted by molar-refractivity contribution is -0.0837. The first-order valence-electron chi connectivity index (χ1n) is 8.99. The highest BCUT2D eigenvalue weighted by molar-refractivity contribution is 4.87. The van der Waals surface area contributed by atoms with Gasteiger partial charge < -0.3 is 10.1 Å². The van der Waals surface area contributed by atoms with Gasteiger partial charge in [-0.1, -0.05) is 66.2 Å². The number of hydrogen-bond acceptors (Lipinski definition) is 2. The van der Waals surface area contributed by atoms with Crippen molar-refractivity contribution in [2.45, 2.75) is 97.1 Å². The van der Waals surface area contributed by atoms with Gasteiger partial charge in [0, 0.05) is 12.6 Å². The normalized spacial score (nSPS) is 20.2. The summed E-state index contributed by atoms with van der Waals surface area (Å²) in [7, 11) is 0. The van der Waals surface area contributed by atoms with Crippen LogP contribution < -0.4 is 5.32 Å². The SMILES string of the molecule is CCCCC(CC)COC1(CNC(C)C)CCCCC1. The zero-order valence-electron chi connectivity index (χ0n) is 14.3. The molecule has 20 heavy (non-hydrogen) atoms. The van der Waals surface area contributed by atoms with Gasteiger partial charge in [0.2, 0.25) is 0 Å². The summed E-state index contributed by atoms with van der Waals surface area (Å²) in [6.07, 6.45) is 11.8. The van der Waals surface area contributed by atoms with Gasteiger partial charge in [-0.3, -0.25) is 0 Å². The topological polar surface area (TPSA) is 21.3 Å². The van der Waals surface area contributed by atoms with Crippen LogP contribution in [0.1, 0.15) is 85.5 Å². The second kappa shape index (κ2) is 9.78. The van der Waals surface area contributed by atoms with Crippen LogP contribution >= 0.6 is 0 Å². The van der Waals surface area contributed by atoms with E-state index in [1.807, 2.05) is 0 Å². The molecule has 1 rings (SSSR count). The maximum Gasteiger partial charge on any atom is 0.0806 e. The summed E-state index contributed by atoms with van der Waals surface area (Å²) in [5.74, 6) is 0.757. The minimum Gasteiger partial charge on any atom is -0.373 e. The van der Waals surface area contributed by atoms with Crippen molar-refractivity contribution in [1.29, 1.82) is 0 Å². The monoisotopic (exact) mass is 283 g/mol. The lowest BCUT2D eigenvalue weighted by Gasteiger charge is -2.39. The summed E-state index contributed by atoms with van der Waals surface area (Å²) in [5, 5.41) is 3.62. The highest BCUT2D eigenvalue weighted by Crippen LogP contribution is 2.32. The zero-order valence-corrected chi connectivity index (χ0v) is 14.3. The number of hydrogen-bond donors (Lipinski definition) is 1. The summed E-state index contributed by atoms with van der Waals surface area (Å²) < 4.78 is 6.51. The van der Waals surface area contributed by atoms with Gasteiger partial charge in [0.1, 0.15) is 0 Å². The molecule has 0 spiro atoms. The van der Waals surface area contributed by atoms with Crippen LogP contribution in [0.15, 0.2) is 0 Å². The Morgan fingerprint density at radius 1 is 1.10 bits per heavy atom. The Balaban J connectivity index is 2.46. The predicted octanol–water partition coefficient (Wildman–Crippen LogP) is 4.92. The Labute approximate surface area is 127 Å². The first-order chi connectivity index (χ1) is 9.62. The van der Waals surface area contributed by atoms with Crippen molar-refractivity contribution in [3.05, 3.63) is 0 Å². The third-order valence-electron chi connectivity index (χ3n) is 4.77. The zero-order chi connectivity index (χ0) is 14.8. The fourth-order valence-electron chi connectivity index (χ4n) is 3.15. The molecule has 1 fully saturated rings. The predicted molar refractivity (Wildman–Crippen MR) is 88.2 cm³/mol. The molecule has 0 heterocycles. The van der Waals surface area contributed by atoms with E-state index in [0.29, 0.717) is 6.04 Å². The van der Waals surface area contributed by atoms with Crippen molar-refractivity contribution < 1.29 is 4.74 Å². The Morgan fingerprint density at radius 2 is 1.80 bits per heavy atom. The van der Waals surface area contributed by atoms with E-state index in [-0.39, 0.29) is 5.60 Å². The fourth-order valence-corrected chi connectivity index (χ4v) is 3.15. The molecule has 0 radical (unpaired) electrons. The average molecular weight is 284 g/mol. The molecule has 2 heteroatoms. The Morgan fingerprint density at radius 3 is 2.35 bits per heavy atom. The van der Waals surface area contributed by atoms with Crippen molar-refractivity contribution in [2.75, 3.05) is 13.2 Å². The van der Waals surface area contributed by atoms with E-state index in [1.165, 1.54) is 57.8 Å². The molecule has 0 aromatic heterocycles. The standard InChI is InChI=1S/C18H37NO/c1-5-7-11-17(6-2)14-20-18(15-19-16(3)4)12-9-8-10-13-18/h16-17,19H,5-15H2,1-4H3. The molecule has 0 amide bonds. The Hall–Kier alpha value is -0.0800.